The van der Waals surface area contributed by atoms with E-state index in [0.29, 0.717) is 29.3 Å². The number of hydrogen-bond acceptors (Lipinski definition) is 5. The van der Waals surface area contributed by atoms with Crippen LogP contribution in [-0.2, 0) is 6.54 Å². The fourth-order valence-corrected chi connectivity index (χ4v) is 3.47. The minimum absolute atomic E-state index is 0.492. The van der Waals surface area contributed by atoms with Gasteiger partial charge in [0.25, 0.3) is 0 Å². The smallest absolute Gasteiger partial charge is 0.232 e. The SMILES string of the molecule is Clc1cccnc1OCC1CCCN(Cc2cc(C3CC3)on2)C1. The molecule has 0 bridgehead atoms. The molecule has 1 saturated carbocycles. The van der Waals surface area contributed by atoms with E-state index in [1.807, 2.05) is 6.07 Å². The quantitative estimate of drug-likeness (QED) is 0.793. The minimum atomic E-state index is 0.492. The number of rotatable bonds is 6. The first-order valence-electron chi connectivity index (χ1n) is 8.69. The first-order valence-corrected chi connectivity index (χ1v) is 9.07. The van der Waals surface area contributed by atoms with Crippen molar-refractivity contribution >= 4 is 11.6 Å². The summed E-state index contributed by atoms with van der Waals surface area (Å²) in [6, 6.07) is 5.75. The molecule has 0 aromatic carbocycles. The van der Waals surface area contributed by atoms with Crippen molar-refractivity contribution < 1.29 is 9.26 Å². The number of ether oxygens (including phenoxy) is 1. The summed E-state index contributed by atoms with van der Waals surface area (Å²) in [5.41, 5.74) is 1.05. The highest BCUT2D eigenvalue weighted by Crippen LogP contribution is 2.40. The van der Waals surface area contributed by atoms with Gasteiger partial charge in [-0.1, -0.05) is 16.8 Å². The van der Waals surface area contributed by atoms with Gasteiger partial charge in [-0.3, -0.25) is 4.90 Å². The van der Waals surface area contributed by atoms with Gasteiger partial charge in [0.2, 0.25) is 5.88 Å². The van der Waals surface area contributed by atoms with E-state index in [1.165, 1.54) is 25.7 Å². The van der Waals surface area contributed by atoms with Crippen LogP contribution in [0.2, 0.25) is 5.02 Å². The highest BCUT2D eigenvalue weighted by atomic mass is 35.5. The predicted octanol–water partition coefficient (Wildman–Crippen LogP) is 3.89. The lowest BCUT2D eigenvalue weighted by atomic mass is 9.99. The number of nitrogens with zero attached hydrogens (tertiary/aromatic N) is 3. The number of halogens is 1. The van der Waals surface area contributed by atoms with Gasteiger partial charge in [-0.25, -0.2) is 4.98 Å². The Bertz CT molecular complexity index is 686. The van der Waals surface area contributed by atoms with E-state index in [-0.39, 0.29) is 0 Å². The second-order valence-corrected chi connectivity index (χ2v) is 7.25. The van der Waals surface area contributed by atoms with Crippen molar-refractivity contribution in [1.82, 2.24) is 15.0 Å². The van der Waals surface area contributed by atoms with Crippen LogP contribution in [0.15, 0.2) is 28.9 Å². The van der Waals surface area contributed by atoms with E-state index in [0.717, 1.165) is 31.1 Å². The molecule has 128 valence electrons. The molecule has 0 radical (unpaired) electrons. The Morgan fingerprint density at radius 2 is 2.25 bits per heavy atom. The van der Waals surface area contributed by atoms with Gasteiger partial charge in [0.1, 0.15) is 10.8 Å². The molecule has 3 heterocycles. The van der Waals surface area contributed by atoms with Crippen LogP contribution in [0.4, 0.5) is 0 Å². The summed E-state index contributed by atoms with van der Waals surface area (Å²) in [4.78, 5) is 6.62. The molecule has 2 fully saturated rings. The van der Waals surface area contributed by atoms with Crippen LogP contribution < -0.4 is 4.74 Å². The molecular weight excluding hydrogens is 326 g/mol. The van der Waals surface area contributed by atoms with Gasteiger partial charge in [-0.2, -0.15) is 0 Å². The van der Waals surface area contributed by atoms with Gasteiger partial charge >= 0.3 is 0 Å². The summed E-state index contributed by atoms with van der Waals surface area (Å²) in [5.74, 6) is 2.71. The first-order chi connectivity index (χ1) is 11.8. The highest BCUT2D eigenvalue weighted by Gasteiger charge is 2.28. The summed E-state index contributed by atoms with van der Waals surface area (Å²) >= 11 is 6.09. The zero-order chi connectivity index (χ0) is 16.4. The lowest BCUT2D eigenvalue weighted by Gasteiger charge is -2.31. The molecule has 2 aromatic rings. The summed E-state index contributed by atoms with van der Waals surface area (Å²) in [6.45, 7) is 3.62. The third kappa shape index (κ3) is 3.90. The van der Waals surface area contributed by atoms with Gasteiger partial charge in [-0.15, -0.1) is 0 Å². The standard InChI is InChI=1S/C18H22ClN3O2/c19-16-4-1-7-20-18(16)23-12-13-3-2-8-22(10-13)11-15-9-17(24-21-15)14-5-6-14/h1,4,7,9,13-14H,2-3,5-6,8,10-12H2. The van der Waals surface area contributed by atoms with Crippen LogP contribution in [-0.4, -0.2) is 34.7 Å². The monoisotopic (exact) mass is 347 g/mol. The van der Waals surface area contributed by atoms with Crippen LogP contribution in [0, 0.1) is 5.92 Å². The van der Waals surface area contributed by atoms with Gasteiger partial charge in [0.15, 0.2) is 0 Å². The summed E-state index contributed by atoms with van der Waals surface area (Å²) < 4.78 is 11.3. The molecule has 0 N–H and O–H groups in total. The lowest BCUT2D eigenvalue weighted by molar-refractivity contribution is 0.121. The second kappa shape index (κ2) is 7.11. The second-order valence-electron chi connectivity index (χ2n) is 6.84. The van der Waals surface area contributed by atoms with Crippen LogP contribution in [0.3, 0.4) is 0 Å². The van der Waals surface area contributed by atoms with Crippen molar-refractivity contribution in [2.75, 3.05) is 19.7 Å². The minimum Gasteiger partial charge on any atom is -0.476 e. The van der Waals surface area contributed by atoms with E-state index in [9.17, 15) is 0 Å². The van der Waals surface area contributed by atoms with E-state index >= 15 is 0 Å². The van der Waals surface area contributed by atoms with Crippen molar-refractivity contribution in [2.45, 2.75) is 38.1 Å². The van der Waals surface area contributed by atoms with Crippen molar-refractivity contribution in [3.63, 3.8) is 0 Å². The molecule has 1 unspecified atom stereocenters. The lowest BCUT2D eigenvalue weighted by Crippen LogP contribution is -2.37. The molecule has 4 rings (SSSR count). The number of aromatic nitrogens is 2. The van der Waals surface area contributed by atoms with Gasteiger partial charge in [0, 0.05) is 37.2 Å². The zero-order valence-electron chi connectivity index (χ0n) is 13.7. The summed E-state index contributed by atoms with van der Waals surface area (Å²) in [5, 5.41) is 4.80. The highest BCUT2D eigenvalue weighted by molar-refractivity contribution is 6.31. The molecular formula is C18H22ClN3O2. The van der Waals surface area contributed by atoms with Crippen molar-refractivity contribution in [3.8, 4) is 5.88 Å². The average molecular weight is 348 g/mol. The Kier molecular flexibility index (Phi) is 4.72. The Morgan fingerprint density at radius 1 is 1.33 bits per heavy atom. The summed E-state index contributed by atoms with van der Waals surface area (Å²) in [6.07, 6.45) is 6.54. The molecule has 5 nitrogen and oxygen atoms in total. The van der Waals surface area contributed by atoms with Crippen LogP contribution in [0.1, 0.15) is 43.1 Å². The normalized spacial score (nSPS) is 21.8. The molecule has 1 aliphatic heterocycles. The fourth-order valence-electron chi connectivity index (χ4n) is 3.30. The summed E-state index contributed by atoms with van der Waals surface area (Å²) in [7, 11) is 0. The fraction of sp³-hybridized carbons (Fsp3) is 0.556. The predicted molar refractivity (Wildman–Crippen MR) is 91.2 cm³/mol. The molecule has 0 amide bonds. The maximum atomic E-state index is 6.09. The third-order valence-electron chi connectivity index (χ3n) is 4.73. The number of piperidine rings is 1. The topological polar surface area (TPSA) is 51.4 Å². The molecule has 0 spiro atoms. The molecule has 6 heteroatoms. The largest absolute Gasteiger partial charge is 0.476 e. The van der Waals surface area contributed by atoms with E-state index < -0.39 is 0 Å². The number of hydrogen-bond donors (Lipinski definition) is 0. The van der Waals surface area contributed by atoms with Crippen LogP contribution in [0.25, 0.3) is 0 Å². The molecule has 2 aromatic heterocycles. The third-order valence-corrected chi connectivity index (χ3v) is 5.01. The number of pyridine rings is 1. The molecule has 1 atom stereocenters. The van der Waals surface area contributed by atoms with E-state index in [2.05, 4.69) is 21.1 Å². The Morgan fingerprint density at radius 3 is 3.08 bits per heavy atom. The van der Waals surface area contributed by atoms with Gasteiger partial charge < -0.3 is 9.26 Å². The maximum absolute atomic E-state index is 6.09. The van der Waals surface area contributed by atoms with Crippen molar-refractivity contribution in [2.24, 2.45) is 5.92 Å². The Labute approximate surface area is 146 Å². The average Bonchev–Trinajstić information content (AvgIpc) is 3.35. The Hall–Kier alpha value is -1.59. The molecule has 1 aliphatic carbocycles. The van der Waals surface area contributed by atoms with Crippen LogP contribution in [0.5, 0.6) is 5.88 Å². The molecule has 2 aliphatic rings. The first kappa shape index (κ1) is 15.9. The maximum Gasteiger partial charge on any atom is 0.232 e. The van der Waals surface area contributed by atoms with Crippen molar-refractivity contribution in [3.05, 3.63) is 40.9 Å². The molecule has 24 heavy (non-hydrogen) atoms. The number of likely N-dealkylation sites (tertiary alicyclic amines) is 1. The zero-order valence-corrected chi connectivity index (χ0v) is 14.4. The van der Waals surface area contributed by atoms with Gasteiger partial charge in [0.05, 0.1) is 12.3 Å². The van der Waals surface area contributed by atoms with Crippen molar-refractivity contribution in [1.29, 1.82) is 0 Å². The van der Waals surface area contributed by atoms with Gasteiger partial charge in [-0.05, 0) is 44.4 Å². The van der Waals surface area contributed by atoms with E-state index in [1.54, 1.807) is 12.3 Å². The van der Waals surface area contributed by atoms with Crippen LogP contribution >= 0.6 is 11.6 Å². The molecule has 1 saturated heterocycles. The Balaban J connectivity index is 1.29. The van der Waals surface area contributed by atoms with E-state index in [4.69, 9.17) is 20.9 Å².